The van der Waals surface area contributed by atoms with Crippen molar-refractivity contribution in [2.24, 2.45) is 22.7 Å². The summed E-state index contributed by atoms with van der Waals surface area (Å²) in [7, 11) is 0. The van der Waals surface area contributed by atoms with Gasteiger partial charge in [0.05, 0.1) is 11.7 Å². The number of aromatic nitrogens is 1. The second-order valence-corrected chi connectivity index (χ2v) is 11.2. The van der Waals surface area contributed by atoms with Crippen LogP contribution in [0.25, 0.3) is 0 Å². The first-order valence-electron chi connectivity index (χ1n) is 11.5. The average Bonchev–Trinajstić information content (AvgIpc) is 2.66. The van der Waals surface area contributed by atoms with Crippen LogP contribution >= 0.6 is 0 Å². The molecular formula is C25H35NO5. The number of aromatic carboxylic acids is 2. The minimum Gasteiger partial charge on any atom is -0.477 e. The summed E-state index contributed by atoms with van der Waals surface area (Å²) in [6.07, 6.45) is 6.52. The highest BCUT2D eigenvalue weighted by Crippen LogP contribution is 2.66. The van der Waals surface area contributed by atoms with Gasteiger partial charge in [0.15, 0.2) is 5.69 Å². The minimum absolute atomic E-state index is 0.125. The summed E-state index contributed by atoms with van der Waals surface area (Å²) < 4.78 is 6.70. The van der Waals surface area contributed by atoms with Crippen LogP contribution in [-0.2, 0) is 4.74 Å². The van der Waals surface area contributed by atoms with Gasteiger partial charge in [-0.1, -0.05) is 33.3 Å². The summed E-state index contributed by atoms with van der Waals surface area (Å²) in [5.74, 6) is -1.59. The first kappa shape index (κ1) is 22.3. The van der Waals surface area contributed by atoms with Crippen LogP contribution in [0.15, 0.2) is 12.1 Å². The predicted molar refractivity (Wildman–Crippen MR) is 116 cm³/mol. The topological polar surface area (TPSA) is 96.7 Å². The van der Waals surface area contributed by atoms with E-state index in [1.807, 2.05) is 6.92 Å². The summed E-state index contributed by atoms with van der Waals surface area (Å²) in [6.45, 7) is 11.5. The van der Waals surface area contributed by atoms with Crippen molar-refractivity contribution in [3.63, 3.8) is 0 Å². The number of pyridine rings is 1. The lowest BCUT2D eigenvalue weighted by molar-refractivity contribution is -0.238. The highest BCUT2D eigenvalue weighted by molar-refractivity contribution is 5.91. The molecule has 1 aliphatic heterocycles. The van der Waals surface area contributed by atoms with E-state index < -0.39 is 11.9 Å². The van der Waals surface area contributed by atoms with Gasteiger partial charge in [0.1, 0.15) is 5.69 Å². The van der Waals surface area contributed by atoms with Crippen molar-refractivity contribution in [2.75, 3.05) is 0 Å². The zero-order valence-corrected chi connectivity index (χ0v) is 19.3. The molecule has 2 aliphatic carbocycles. The molecule has 0 bridgehead atoms. The van der Waals surface area contributed by atoms with E-state index >= 15 is 0 Å². The van der Waals surface area contributed by atoms with Gasteiger partial charge in [0.25, 0.3) is 0 Å². The van der Waals surface area contributed by atoms with Crippen molar-refractivity contribution in [3.05, 3.63) is 29.1 Å². The molecule has 2 unspecified atom stereocenters. The molecule has 2 saturated carbocycles. The normalized spacial score (nSPS) is 39.3. The number of carbonyl (C=O) groups is 2. The molecular weight excluding hydrogens is 394 g/mol. The smallest absolute Gasteiger partial charge is 0.354 e. The molecule has 0 amide bonds. The molecule has 0 radical (unpaired) electrons. The molecule has 6 nitrogen and oxygen atoms in total. The van der Waals surface area contributed by atoms with Crippen molar-refractivity contribution >= 4 is 11.9 Å². The molecule has 6 heteroatoms. The average molecular weight is 430 g/mol. The van der Waals surface area contributed by atoms with Gasteiger partial charge in [-0.3, -0.25) is 0 Å². The Morgan fingerprint density at radius 3 is 2.39 bits per heavy atom. The van der Waals surface area contributed by atoms with Crippen molar-refractivity contribution in [1.82, 2.24) is 4.98 Å². The lowest BCUT2D eigenvalue weighted by atomic mass is 9.44. The van der Waals surface area contributed by atoms with Crippen LogP contribution in [0.4, 0.5) is 0 Å². The van der Waals surface area contributed by atoms with Gasteiger partial charge in [-0.15, -0.1) is 0 Å². The zero-order chi connectivity index (χ0) is 22.8. The number of ether oxygens (including phenoxy) is 1. The summed E-state index contributed by atoms with van der Waals surface area (Å²) in [6, 6.07) is 3.06. The first-order chi connectivity index (χ1) is 14.4. The zero-order valence-electron chi connectivity index (χ0n) is 19.3. The van der Waals surface area contributed by atoms with Gasteiger partial charge >= 0.3 is 11.9 Å². The van der Waals surface area contributed by atoms with Crippen LogP contribution in [0.1, 0.15) is 106 Å². The number of hydrogen-bond donors (Lipinski definition) is 2. The van der Waals surface area contributed by atoms with Gasteiger partial charge in [0.2, 0.25) is 0 Å². The SMILES string of the molecule is CC1O[C@]2(C)CC[C@H]3C(C)(C)CCC[C@]3(C)[C@H]2CC1c1ccc(C(=O)O)nc1C(=O)O. The van der Waals surface area contributed by atoms with E-state index in [2.05, 4.69) is 32.7 Å². The quantitative estimate of drug-likeness (QED) is 0.670. The first-order valence-corrected chi connectivity index (χ1v) is 11.5. The van der Waals surface area contributed by atoms with E-state index in [9.17, 15) is 19.8 Å². The molecule has 0 aromatic carbocycles. The third-order valence-electron chi connectivity index (χ3n) is 9.00. The molecule has 170 valence electrons. The third-order valence-corrected chi connectivity index (χ3v) is 9.00. The number of hydrogen-bond acceptors (Lipinski definition) is 4. The standard InChI is InChI=1S/C25H35NO5/c1-14-16(15-7-8-17(21(27)28)26-20(15)22(29)30)13-19-24(4)11-6-10-23(2,3)18(24)9-12-25(19,5)31-14/h7-8,14,16,18-19H,6,9-13H2,1-5H3,(H,27,28)(H,29,30)/t14?,16?,18-,19+,24-,25+/m0/s1. The predicted octanol–water partition coefficient (Wildman–Crippen LogP) is 5.37. The van der Waals surface area contributed by atoms with Crippen LogP contribution in [0.2, 0.25) is 0 Å². The van der Waals surface area contributed by atoms with Crippen LogP contribution in [0, 0.1) is 22.7 Å². The summed E-state index contributed by atoms with van der Waals surface area (Å²) in [5.41, 5.74) is 0.411. The molecule has 1 saturated heterocycles. The van der Waals surface area contributed by atoms with Crippen LogP contribution in [-0.4, -0.2) is 38.8 Å². The number of fused-ring (bicyclic) bond motifs is 3. The summed E-state index contributed by atoms with van der Waals surface area (Å²) in [4.78, 5) is 27.3. The van der Waals surface area contributed by atoms with Crippen LogP contribution in [0.3, 0.4) is 0 Å². The maximum absolute atomic E-state index is 12.0. The van der Waals surface area contributed by atoms with Crippen molar-refractivity contribution in [1.29, 1.82) is 0 Å². The number of nitrogens with zero attached hydrogens (tertiary/aromatic N) is 1. The molecule has 0 spiro atoms. The molecule has 1 aromatic rings. The monoisotopic (exact) mass is 429 g/mol. The fraction of sp³-hybridized carbons (Fsp3) is 0.720. The number of rotatable bonds is 3. The van der Waals surface area contributed by atoms with E-state index in [1.54, 1.807) is 6.07 Å². The molecule has 31 heavy (non-hydrogen) atoms. The third kappa shape index (κ3) is 3.47. The Balaban J connectivity index is 1.75. The Hall–Kier alpha value is -1.95. The van der Waals surface area contributed by atoms with Gasteiger partial charge in [-0.25, -0.2) is 14.6 Å². The molecule has 3 aliphatic rings. The maximum atomic E-state index is 12.0. The second kappa shape index (κ2) is 7.29. The molecule has 3 fully saturated rings. The van der Waals surface area contributed by atoms with Crippen molar-refractivity contribution < 1.29 is 24.5 Å². The van der Waals surface area contributed by atoms with Crippen LogP contribution < -0.4 is 0 Å². The summed E-state index contributed by atoms with van der Waals surface area (Å²) in [5, 5.41) is 19.0. The van der Waals surface area contributed by atoms with Gasteiger partial charge in [-0.2, -0.15) is 0 Å². The molecule has 1 aromatic heterocycles. The molecule has 4 rings (SSSR count). The van der Waals surface area contributed by atoms with E-state index in [4.69, 9.17) is 4.74 Å². The number of carboxylic acid groups (broad SMARTS) is 2. The second-order valence-electron chi connectivity index (χ2n) is 11.2. The largest absolute Gasteiger partial charge is 0.477 e. The highest BCUT2D eigenvalue weighted by Gasteiger charge is 2.61. The van der Waals surface area contributed by atoms with Gasteiger partial charge in [0, 0.05) is 5.92 Å². The molecule has 6 atom stereocenters. The van der Waals surface area contributed by atoms with Gasteiger partial charge in [-0.05, 0) is 80.2 Å². The van der Waals surface area contributed by atoms with Gasteiger partial charge < -0.3 is 14.9 Å². The maximum Gasteiger partial charge on any atom is 0.354 e. The lowest BCUT2D eigenvalue weighted by Gasteiger charge is -2.65. The van der Waals surface area contributed by atoms with E-state index in [0.717, 1.165) is 12.8 Å². The lowest BCUT2D eigenvalue weighted by Crippen LogP contribution is -2.61. The van der Waals surface area contributed by atoms with Crippen molar-refractivity contribution in [3.8, 4) is 0 Å². The number of carboxylic acids is 2. The fourth-order valence-corrected chi connectivity index (χ4v) is 7.66. The molecule has 2 heterocycles. The minimum atomic E-state index is -1.22. The fourth-order valence-electron chi connectivity index (χ4n) is 7.66. The van der Waals surface area contributed by atoms with E-state index in [-0.39, 0.29) is 34.4 Å². The van der Waals surface area contributed by atoms with E-state index in [1.165, 1.54) is 31.7 Å². The Bertz CT molecular complexity index is 911. The Labute approximate surface area is 184 Å². The Kier molecular flexibility index (Phi) is 5.23. The summed E-state index contributed by atoms with van der Waals surface area (Å²) >= 11 is 0. The Morgan fingerprint density at radius 1 is 1.03 bits per heavy atom. The molecule has 2 N–H and O–H groups in total. The Morgan fingerprint density at radius 2 is 1.74 bits per heavy atom. The highest BCUT2D eigenvalue weighted by atomic mass is 16.5. The van der Waals surface area contributed by atoms with E-state index in [0.29, 0.717) is 22.8 Å². The van der Waals surface area contributed by atoms with Crippen LogP contribution in [0.5, 0.6) is 0 Å². The van der Waals surface area contributed by atoms with Crippen molar-refractivity contribution in [2.45, 2.75) is 90.8 Å².